The number of hydrogen-bond acceptors (Lipinski definition) is 2. The second-order valence-corrected chi connectivity index (χ2v) is 5.11. The van der Waals surface area contributed by atoms with E-state index in [1.807, 2.05) is 0 Å². The molecule has 2 heteroatoms. The van der Waals surface area contributed by atoms with Crippen molar-refractivity contribution in [3.63, 3.8) is 0 Å². The van der Waals surface area contributed by atoms with Crippen molar-refractivity contribution in [2.45, 2.75) is 32.9 Å². The topological polar surface area (TPSA) is 15.3 Å². The van der Waals surface area contributed by atoms with Crippen LogP contribution in [0, 0.1) is 5.92 Å². The SMILES string of the molecule is CC1CN(c2ccccc2)C(C(C)C)CN1. The van der Waals surface area contributed by atoms with E-state index in [1.165, 1.54) is 5.69 Å². The van der Waals surface area contributed by atoms with Crippen molar-refractivity contribution in [2.24, 2.45) is 5.92 Å². The first-order valence-electron chi connectivity index (χ1n) is 6.23. The Kier molecular flexibility index (Phi) is 3.49. The smallest absolute Gasteiger partial charge is 0.0438 e. The number of hydrogen-bond donors (Lipinski definition) is 1. The van der Waals surface area contributed by atoms with Gasteiger partial charge in [0.25, 0.3) is 0 Å². The molecule has 0 bridgehead atoms. The van der Waals surface area contributed by atoms with E-state index < -0.39 is 0 Å². The largest absolute Gasteiger partial charge is 0.365 e. The van der Waals surface area contributed by atoms with E-state index in [4.69, 9.17) is 0 Å². The molecule has 0 spiro atoms. The summed E-state index contributed by atoms with van der Waals surface area (Å²) in [7, 11) is 0. The van der Waals surface area contributed by atoms with Gasteiger partial charge in [0.15, 0.2) is 0 Å². The lowest BCUT2D eigenvalue weighted by molar-refractivity contribution is 0.349. The molecular weight excluding hydrogens is 196 g/mol. The van der Waals surface area contributed by atoms with Gasteiger partial charge >= 0.3 is 0 Å². The van der Waals surface area contributed by atoms with Crippen LogP contribution in [-0.2, 0) is 0 Å². The zero-order valence-electron chi connectivity index (χ0n) is 10.5. The van der Waals surface area contributed by atoms with Gasteiger partial charge in [0.2, 0.25) is 0 Å². The van der Waals surface area contributed by atoms with Crippen LogP contribution in [0.25, 0.3) is 0 Å². The second-order valence-electron chi connectivity index (χ2n) is 5.11. The average molecular weight is 218 g/mol. The van der Waals surface area contributed by atoms with Crippen LogP contribution in [0.5, 0.6) is 0 Å². The molecule has 0 amide bonds. The lowest BCUT2D eigenvalue weighted by Gasteiger charge is -2.43. The molecule has 2 atom stereocenters. The lowest BCUT2D eigenvalue weighted by atomic mass is 9.98. The summed E-state index contributed by atoms with van der Waals surface area (Å²) < 4.78 is 0. The third kappa shape index (κ3) is 2.38. The van der Waals surface area contributed by atoms with Crippen molar-refractivity contribution in [1.82, 2.24) is 5.32 Å². The maximum absolute atomic E-state index is 3.57. The normalized spacial score (nSPS) is 26.1. The Labute approximate surface area is 98.7 Å². The van der Waals surface area contributed by atoms with Crippen molar-refractivity contribution in [2.75, 3.05) is 18.0 Å². The summed E-state index contributed by atoms with van der Waals surface area (Å²) in [6.45, 7) is 9.06. The minimum Gasteiger partial charge on any atom is -0.365 e. The predicted octanol–water partition coefficient (Wildman–Crippen LogP) is 2.51. The van der Waals surface area contributed by atoms with E-state index in [9.17, 15) is 0 Å². The fourth-order valence-corrected chi connectivity index (χ4v) is 2.44. The molecule has 1 aliphatic heterocycles. The molecule has 1 N–H and O–H groups in total. The minimum absolute atomic E-state index is 0.579. The van der Waals surface area contributed by atoms with Gasteiger partial charge in [-0.15, -0.1) is 0 Å². The predicted molar refractivity (Wildman–Crippen MR) is 69.9 cm³/mol. The minimum atomic E-state index is 0.579. The third-order valence-electron chi connectivity index (χ3n) is 3.40. The third-order valence-corrected chi connectivity index (χ3v) is 3.40. The molecule has 1 aliphatic rings. The van der Waals surface area contributed by atoms with Gasteiger partial charge in [-0.3, -0.25) is 0 Å². The summed E-state index contributed by atoms with van der Waals surface area (Å²) in [6.07, 6.45) is 0. The molecule has 1 saturated heterocycles. The van der Waals surface area contributed by atoms with Gasteiger partial charge in [-0.05, 0) is 25.0 Å². The summed E-state index contributed by atoms with van der Waals surface area (Å²) in [5.74, 6) is 0.681. The molecular formula is C14H22N2. The van der Waals surface area contributed by atoms with Crippen LogP contribution in [0.3, 0.4) is 0 Å². The van der Waals surface area contributed by atoms with Crippen LogP contribution in [-0.4, -0.2) is 25.2 Å². The molecule has 2 nitrogen and oxygen atoms in total. The number of nitrogens with zero attached hydrogens (tertiary/aromatic N) is 1. The quantitative estimate of drug-likeness (QED) is 0.820. The van der Waals surface area contributed by atoms with Crippen LogP contribution in [0.15, 0.2) is 30.3 Å². The van der Waals surface area contributed by atoms with Crippen molar-refractivity contribution < 1.29 is 0 Å². The Morgan fingerprint density at radius 3 is 2.56 bits per heavy atom. The van der Waals surface area contributed by atoms with Crippen LogP contribution in [0.2, 0.25) is 0 Å². The highest BCUT2D eigenvalue weighted by atomic mass is 15.2. The highest BCUT2D eigenvalue weighted by Crippen LogP contribution is 2.23. The summed E-state index contributed by atoms with van der Waals surface area (Å²) in [6, 6.07) is 12.0. The van der Waals surface area contributed by atoms with Crippen molar-refractivity contribution in [1.29, 1.82) is 0 Å². The zero-order valence-corrected chi connectivity index (χ0v) is 10.5. The van der Waals surface area contributed by atoms with Crippen molar-refractivity contribution >= 4 is 5.69 Å². The molecule has 0 aliphatic carbocycles. The van der Waals surface area contributed by atoms with Gasteiger partial charge in [-0.1, -0.05) is 32.0 Å². The molecule has 2 rings (SSSR count). The van der Waals surface area contributed by atoms with Crippen molar-refractivity contribution in [3.05, 3.63) is 30.3 Å². The Morgan fingerprint density at radius 2 is 1.94 bits per heavy atom. The molecule has 1 fully saturated rings. The number of para-hydroxylation sites is 1. The number of rotatable bonds is 2. The highest BCUT2D eigenvalue weighted by Gasteiger charge is 2.27. The first-order chi connectivity index (χ1) is 7.68. The fraction of sp³-hybridized carbons (Fsp3) is 0.571. The van der Waals surface area contributed by atoms with Gasteiger partial charge < -0.3 is 10.2 Å². The number of anilines is 1. The fourth-order valence-electron chi connectivity index (χ4n) is 2.44. The summed E-state index contributed by atoms with van der Waals surface area (Å²) in [4.78, 5) is 2.55. The summed E-state index contributed by atoms with van der Waals surface area (Å²) in [5.41, 5.74) is 1.36. The van der Waals surface area contributed by atoms with E-state index in [1.54, 1.807) is 0 Å². The van der Waals surface area contributed by atoms with Crippen molar-refractivity contribution in [3.8, 4) is 0 Å². The first kappa shape index (κ1) is 11.5. The zero-order chi connectivity index (χ0) is 11.5. The van der Waals surface area contributed by atoms with Crippen LogP contribution in [0.1, 0.15) is 20.8 Å². The number of nitrogens with one attached hydrogen (secondary N) is 1. The van der Waals surface area contributed by atoms with Gasteiger partial charge in [0, 0.05) is 30.9 Å². The van der Waals surface area contributed by atoms with Crippen LogP contribution >= 0.6 is 0 Å². The summed E-state index contributed by atoms with van der Waals surface area (Å²) in [5, 5.41) is 3.57. The molecule has 0 aromatic heterocycles. The van der Waals surface area contributed by atoms with E-state index in [0.29, 0.717) is 18.0 Å². The van der Waals surface area contributed by atoms with E-state index in [-0.39, 0.29) is 0 Å². The van der Waals surface area contributed by atoms with E-state index >= 15 is 0 Å². The Hall–Kier alpha value is -1.02. The van der Waals surface area contributed by atoms with Gasteiger partial charge in [0.05, 0.1) is 0 Å². The van der Waals surface area contributed by atoms with Gasteiger partial charge in [0.1, 0.15) is 0 Å². The molecule has 2 unspecified atom stereocenters. The Morgan fingerprint density at radius 1 is 1.25 bits per heavy atom. The molecule has 88 valence electrons. The molecule has 1 heterocycles. The average Bonchev–Trinajstić information content (AvgIpc) is 2.29. The maximum Gasteiger partial charge on any atom is 0.0438 e. The van der Waals surface area contributed by atoms with Crippen LogP contribution in [0.4, 0.5) is 5.69 Å². The second kappa shape index (κ2) is 4.88. The monoisotopic (exact) mass is 218 g/mol. The van der Waals surface area contributed by atoms with E-state index in [0.717, 1.165) is 13.1 Å². The molecule has 0 radical (unpaired) electrons. The Balaban J connectivity index is 2.21. The molecule has 0 saturated carbocycles. The standard InChI is InChI=1S/C14H22N2/c1-11(2)14-9-15-12(3)10-16(14)13-7-5-4-6-8-13/h4-8,11-12,14-15H,9-10H2,1-3H3. The lowest BCUT2D eigenvalue weighted by Crippen LogP contribution is -2.57. The summed E-state index contributed by atoms with van der Waals surface area (Å²) >= 11 is 0. The number of benzene rings is 1. The van der Waals surface area contributed by atoms with Crippen LogP contribution < -0.4 is 10.2 Å². The van der Waals surface area contributed by atoms with Gasteiger partial charge in [-0.25, -0.2) is 0 Å². The highest BCUT2D eigenvalue weighted by molar-refractivity contribution is 5.48. The van der Waals surface area contributed by atoms with Gasteiger partial charge in [-0.2, -0.15) is 0 Å². The maximum atomic E-state index is 3.57. The number of piperazine rings is 1. The Bertz CT molecular complexity index is 321. The molecule has 1 aromatic rings. The van der Waals surface area contributed by atoms with E-state index in [2.05, 4.69) is 61.3 Å². The molecule has 16 heavy (non-hydrogen) atoms. The molecule has 1 aromatic carbocycles. The first-order valence-corrected chi connectivity index (χ1v) is 6.23.